The quantitative estimate of drug-likeness (QED) is 0.740. The van der Waals surface area contributed by atoms with Crippen LogP contribution in [0.4, 0.5) is 0 Å². The molecule has 1 fully saturated rings. The molecule has 1 aliphatic rings. The van der Waals surface area contributed by atoms with E-state index in [0.717, 1.165) is 18.4 Å². The maximum absolute atomic E-state index is 3.47. The standard InChI is InChI=1S/C14H21N/c1-10-4-5-11(2)14(8-10)13-6-7-15-9-12(13)3/h4-5,8,12-13,15H,6-7,9H2,1-3H3. The molecule has 2 unspecified atom stereocenters. The van der Waals surface area contributed by atoms with Crippen molar-refractivity contribution >= 4 is 0 Å². The fraction of sp³-hybridized carbons (Fsp3) is 0.571. The SMILES string of the molecule is Cc1ccc(C)c(C2CCNCC2C)c1. The van der Waals surface area contributed by atoms with Gasteiger partial charge in [-0.2, -0.15) is 0 Å². The second-order valence-corrected chi connectivity index (χ2v) is 4.94. The number of piperidine rings is 1. The third kappa shape index (κ3) is 2.23. The molecule has 0 saturated carbocycles. The number of nitrogens with one attached hydrogen (secondary N) is 1. The molecule has 0 amide bonds. The van der Waals surface area contributed by atoms with Crippen LogP contribution in [0.15, 0.2) is 18.2 Å². The molecular formula is C14H21N. The Morgan fingerprint density at radius 2 is 2.07 bits per heavy atom. The molecule has 0 aromatic heterocycles. The van der Waals surface area contributed by atoms with Gasteiger partial charge in [0, 0.05) is 0 Å². The van der Waals surface area contributed by atoms with E-state index in [9.17, 15) is 0 Å². The number of benzene rings is 1. The van der Waals surface area contributed by atoms with Gasteiger partial charge < -0.3 is 5.32 Å². The van der Waals surface area contributed by atoms with E-state index >= 15 is 0 Å². The highest BCUT2D eigenvalue weighted by Gasteiger charge is 2.23. The Labute approximate surface area is 92.9 Å². The van der Waals surface area contributed by atoms with Gasteiger partial charge in [-0.3, -0.25) is 0 Å². The lowest BCUT2D eigenvalue weighted by Gasteiger charge is -2.31. The van der Waals surface area contributed by atoms with Crippen LogP contribution in [0.25, 0.3) is 0 Å². The van der Waals surface area contributed by atoms with Gasteiger partial charge in [-0.05, 0) is 56.3 Å². The van der Waals surface area contributed by atoms with Crippen LogP contribution in [0.1, 0.15) is 36.0 Å². The summed E-state index contributed by atoms with van der Waals surface area (Å²) in [5.41, 5.74) is 4.42. The Balaban J connectivity index is 2.30. The predicted octanol–water partition coefficient (Wildman–Crippen LogP) is 3.02. The van der Waals surface area contributed by atoms with E-state index in [2.05, 4.69) is 44.3 Å². The summed E-state index contributed by atoms with van der Waals surface area (Å²) in [6, 6.07) is 6.85. The van der Waals surface area contributed by atoms with Crippen LogP contribution in [-0.4, -0.2) is 13.1 Å². The first kappa shape index (κ1) is 10.7. The molecule has 0 spiro atoms. The maximum atomic E-state index is 3.47. The van der Waals surface area contributed by atoms with Gasteiger partial charge in [0.05, 0.1) is 0 Å². The van der Waals surface area contributed by atoms with Crippen molar-refractivity contribution in [3.63, 3.8) is 0 Å². The number of rotatable bonds is 1. The molecule has 1 aliphatic heterocycles. The van der Waals surface area contributed by atoms with Crippen molar-refractivity contribution < 1.29 is 0 Å². The number of aryl methyl sites for hydroxylation is 2. The maximum Gasteiger partial charge on any atom is -0.00173 e. The molecule has 15 heavy (non-hydrogen) atoms. The highest BCUT2D eigenvalue weighted by molar-refractivity contribution is 5.34. The van der Waals surface area contributed by atoms with Gasteiger partial charge >= 0.3 is 0 Å². The van der Waals surface area contributed by atoms with E-state index in [-0.39, 0.29) is 0 Å². The third-order valence-corrected chi connectivity index (χ3v) is 3.62. The topological polar surface area (TPSA) is 12.0 Å². The van der Waals surface area contributed by atoms with Crippen molar-refractivity contribution in [2.24, 2.45) is 5.92 Å². The molecular weight excluding hydrogens is 182 g/mol. The van der Waals surface area contributed by atoms with Gasteiger partial charge in [0.15, 0.2) is 0 Å². The predicted molar refractivity (Wildman–Crippen MR) is 65.3 cm³/mol. The van der Waals surface area contributed by atoms with Crippen LogP contribution < -0.4 is 5.32 Å². The molecule has 0 bridgehead atoms. The molecule has 1 nitrogen and oxygen atoms in total. The van der Waals surface area contributed by atoms with Gasteiger partial charge in [0.2, 0.25) is 0 Å². The lowest BCUT2D eigenvalue weighted by molar-refractivity contribution is 0.348. The normalized spacial score (nSPS) is 26.6. The van der Waals surface area contributed by atoms with Crippen LogP contribution >= 0.6 is 0 Å². The third-order valence-electron chi connectivity index (χ3n) is 3.62. The molecule has 1 heteroatoms. The molecule has 82 valence electrons. The second-order valence-electron chi connectivity index (χ2n) is 4.94. The van der Waals surface area contributed by atoms with E-state index in [4.69, 9.17) is 0 Å². The molecule has 2 atom stereocenters. The Morgan fingerprint density at radius 3 is 2.80 bits per heavy atom. The van der Waals surface area contributed by atoms with Crippen molar-refractivity contribution in [2.75, 3.05) is 13.1 Å². The molecule has 1 heterocycles. The highest BCUT2D eigenvalue weighted by atomic mass is 14.9. The van der Waals surface area contributed by atoms with Crippen LogP contribution in [-0.2, 0) is 0 Å². The fourth-order valence-corrected chi connectivity index (χ4v) is 2.64. The molecule has 1 N–H and O–H groups in total. The summed E-state index contributed by atoms with van der Waals surface area (Å²) < 4.78 is 0. The van der Waals surface area contributed by atoms with Gasteiger partial charge in [0.1, 0.15) is 0 Å². The first-order valence-corrected chi connectivity index (χ1v) is 5.96. The van der Waals surface area contributed by atoms with Gasteiger partial charge in [0.25, 0.3) is 0 Å². The summed E-state index contributed by atoms with van der Waals surface area (Å²) >= 11 is 0. The van der Waals surface area contributed by atoms with Crippen molar-refractivity contribution in [3.8, 4) is 0 Å². The fourth-order valence-electron chi connectivity index (χ4n) is 2.64. The molecule has 1 saturated heterocycles. The van der Waals surface area contributed by atoms with E-state index in [0.29, 0.717) is 0 Å². The van der Waals surface area contributed by atoms with Crippen LogP contribution in [0.3, 0.4) is 0 Å². The van der Waals surface area contributed by atoms with Crippen molar-refractivity contribution in [1.82, 2.24) is 5.32 Å². The first-order chi connectivity index (χ1) is 7.18. The summed E-state index contributed by atoms with van der Waals surface area (Å²) in [6.45, 7) is 9.12. The smallest absolute Gasteiger partial charge is 0.00173 e. The summed E-state index contributed by atoms with van der Waals surface area (Å²) in [7, 11) is 0. The average molecular weight is 203 g/mol. The second kappa shape index (κ2) is 4.36. The van der Waals surface area contributed by atoms with Gasteiger partial charge in [-0.1, -0.05) is 30.7 Å². The number of hydrogen-bond acceptors (Lipinski definition) is 1. The minimum absolute atomic E-state index is 0.756. The zero-order chi connectivity index (χ0) is 10.8. The lowest BCUT2D eigenvalue weighted by Crippen LogP contribution is -2.34. The Hall–Kier alpha value is -0.820. The Morgan fingerprint density at radius 1 is 1.27 bits per heavy atom. The zero-order valence-corrected chi connectivity index (χ0v) is 10.0. The highest BCUT2D eigenvalue weighted by Crippen LogP contribution is 2.32. The Kier molecular flexibility index (Phi) is 3.11. The molecule has 0 radical (unpaired) electrons. The summed E-state index contributed by atoms with van der Waals surface area (Å²) in [6.07, 6.45) is 1.28. The van der Waals surface area contributed by atoms with Crippen molar-refractivity contribution in [3.05, 3.63) is 34.9 Å². The van der Waals surface area contributed by atoms with Gasteiger partial charge in [-0.15, -0.1) is 0 Å². The van der Waals surface area contributed by atoms with E-state index in [1.807, 2.05) is 0 Å². The van der Waals surface area contributed by atoms with Crippen molar-refractivity contribution in [2.45, 2.75) is 33.1 Å². The number of hydrogen-bond donors (Lipinski definition) is 1. The lowest BCUT2D eigenvalue weighted by atomic mass is 9.80. The molecule has 1 aromatic carbocycles. The first-order valence-electron chi connectivity index (χ1n) is 5.96. The van der Waals surface area contributed by atoms with Gasteiger partial charge in [-0.25, -0.2) is 0 Å². The van der Waals surface area contributed by atoms with Crippen LogP contribution in [0.5, 0.6) is 0 Å². The van der Waals surface area contributed by atoms with Crippen LogP contribution in [0.2, 0.25) is 0 Å². The molecule has 0 aliphatic carbocycles. The average Bonchev–Trinajstić information content (AvgIpc) is 2.23. The van der Waals surface area contributed by atoms with E-state index in [1.54, 1.807) is 5.56 Å². The largest absolute Gasteiger partial charge is 0.316 e. The molecule has 1 aromatic rings. The minimum atomic E-state index is 0.756. The minimum Gasteiger partial charge on any atom is -0.316 e. The Bertz CT molecular complexity index is 343. The molecule has 2 rings (SSSR count). The zero-order valence-electron chi connectivity index (χ0n) is 10.0. The summed E-state index contributed by atoms with van der Waals surface area (Å²) in [5, 5.41) is 3.47. The summed E-state index contributed by atoms with van der Waals surface area (Å²) in [4.78, 5) is 0. The monoisotopic (exact) mass is 203 g/mol. The van der Waals surface area contributed by atoms with Crippen LogP contribution in [0, 0.1) is 19.8 Å². The van der Waals surface area contributed by atoms with E-state index < -0.39 is 0 Å². The summed E-state index contributed by atoms with van der Waals surface area (Å²) in [5.74, 6) is 1.52. The van der Waals surface area contributed by atoms with E-state index in [1.165, 1.54) is 24.1 Å². The van der Waals surface area contributed by atoms with Crippen molar-refractivity contribution in [1.29, 1.82) is 0 Å².